The molecule has 1 aromatic heterocycles. The van der Waals surface area contributed by atoms with Gasteiger partial charge in [0.15, 0.2) is 0 Å². The van der Waals surface area contributed by atoms with Gasteiger partial charge >= 0.3 is 5.69 Å². The molecule has 0 saturated carbocycles. The summed E-state index contributed by atoms with van der Waals surface area (Å²) in [5, 5.41) is 3.56. The van der Waals surface area contributed by atoms with Crippen molar-refractivity contribution in [2.75, 3.05) is 12.4 Å². The Morgan fingerprint density at radius 3 is 2.76 bits per heavy atom. The van der Waals surface area contributed by atoms with Crippen molar-refractivity contribution in [2.45, 2.75) is 0 Å². The van der Waals surface area contributed by atoms with Gasteiger partial charge in [-0.1, -0.05) is 23.2 Å². The molecule has 0 amide bonds. The molecule has 0 unspecified atom stereocenters. The molecule has 0 fully saturated rings. The summed E-state index contributed by atoms with van der Waals surface area (Å²) in [6.07, 6.45) is 1.35. The summed E-state index contributed by atoms with van der Waals surface area (Å²) in [5.74, 6) is 0.254. The van der Waals surface area contributed by atoms with Gasteiger partial charge in [0.2, 0.25) is 5.95 Å². The third kappa shape index (κ3) is 2.40. The molecule has 2 rings (SSSR count). The zero-order chi connectivity index (χ0) is 12.4. The van der Waals surface area contributed by atoms with Crippen LogP contribution in [0.2, 0.25) is 10.0 Å². The molecule has 88 valence electrons. The third-order valence-electron chi connectivity index (χ3n) is 2.09. The van der Waals surface area contributed by atoms with Crippen LogP contribution < -0.4 is 11.0 Å². The fourth-order valence-electron chi connectivity index (χ4n) is 1.29. The van der Waals surface area contributed by atoms with E-state index in [4.69, 9.17) is 23.2 Å². The molecule has 1 aromatic carbocycles. The molecule has 0 radical (unpaired) electrons. The molecule has 2 aromatic rings. The van der Waals surface area contributed by atoms with Crippen LogP contribution in [0.4, 0.5) is 5.95 Å². The lowest BCUT2D eigenvalue weighted by atomic mass is 10.3. The third-order valence-corrected chi connectivity index (χ3v) is 2.65. The lowest BCUT2D eigenvalue weighted by Gasteiger charge is -2.07. The fraction of sp³-hybridized carbons (Fsp3) is 0.100. The van der Waals surface area contributed by atoms with Crippen LogP contribution in [0.5, 0.6) is 0 Å². The van der Waals surface area contributed by atoms with Crippen molar-refractivity contribution in [1.29, 1.82) is 0 Å². The van der Waals surface area contributed by atoms with E-state index in [1.165, 1.54) is 10.9 Å². The van der Waals surface area contributed by atoms with E-state index in [0.29, 0.717) is 15.7 Å². The van der Waals surface area contributed by atoms with Gasteiger partial charge in [0.1, 0.15) is 6.33 Å². The smallest absolute Gasteiger partial charge is 0.356 e. The molecule has 1 N–H and O–H groups in total. The van der Waals surface area contributed by atoms with Gasteiger partial charge in [-0.05, 0) is 18.2 Å². The average molecular weight is 271 g/mol. The van der Waals surface area contributed by atoms with Gasteiger partial charge in [-0.3, -0.25) is 0 Å². The molecule has 0 atom stereocenters. The molecule has 7 heteroatoms. The van der Waals surface area contributed by atoms with Gasteiger partial charge < -0.3 is 5.32 Å². The van der Waals surface area contributed by atoms with E-state index in [-0.39, 0.29) is 5.95 Å². The molecular formula is C10H8Cl2N4O. The second-order valence-electron chi connectivity index (χ2n) is 3.18. The highest BCUT2D eigenvalue weighted by atomic mass is 35.5. The average Bonchev–Trinajstić information content (AvgIpc) is 2.32. The van der Waals surface area contributed by atoms with Crippen molar-refractivity contribution in [3.05, 3.63) is 45.1 Å². The van der Waals surface area contributed by atoms with Crippen LogP contribution in [0.15, 0.2) is 29.3 Å². The number of benzene rings is 1. The second-order valence-corrected chi connectivity index (χ2v) is 4.02. The summed E-state index contributed by atoms with van der Waals surface area (Å²) in [5.41, 5.74) is -0.0275. The molecule has 0 bridgehead atoms. The Hall–Kier alpha value is -1.59. The number of hydrogen-bond donors (Lipinski definition) is 1. The minimum atomic E-state index is -0.478. The van der Waals surface area contributed by atoms with Crippen LogP contribution in [0, 0.1) is 0 Å². The van der Waals surface area contributed by atoms with Crippen molar-refractivity contribution < 1.29 is 0 Å². The van der Waals surface area contributed by atoms with E-state index in [1.54, 1.807) is 25.2 Å². The van der Waals surface area contributed by atoms with Gasteiger partial charge in [0.25, 0.3) is 0 Å². The zero-order valence-electron chi connectivity index (χ0n) is 8.82. The number of aromatic nitrogens is 3. The van der Waals surface area contributed by atoms with E-state index < -0.39 is 5.69 Å². The first kappa shape index (κ1) is 11.9. The maximum atomic E-state index is 11.7. The van der Waals surface area contributed by atoms with Crippen LogP contribution in [-0.2, 0) is 0 Å². The van der Waals surface area contributed by atoms with E-state index in [9.17, 15) is 4.79 Å². The zero-order valence-corrected chi connectivity index (χ0v) is 10.3. The Bertz CT molecular complexity index is 611. The Morgan fingerprint density at radius 2 is 2.12 bits per heavy atom. The lowest BCUT2D eigenvalue weighted by molar-refractivity contribution is 0.863. The first-order valence-electron chi connectivity index (χ1n) is 4.70. The minimum absolute atomic E-state index is 0.254. The largest absolute Gasteiger partial charge is 0.357 e. The highest BCUT2D eigenvalue weighted by molar-refractivity contribution is 6.34. The fourth-order valence-corrected chi connectivity index (χ4v) is 1.67. The predicted molar refractivity (Wildman–Crippen MR) is 67.2 cm³/mol. The Balaban J connectivity index is 2.61. The van der Waals surface area contributed by atoms with Crippen LogP contribution in [0.1, 0.15) is 0 Å². The van der Waals surface area contributed by atoms with Crippen molar-refractivity contribution in [2.24, 2.45) is 0 Å². The molecule has 0 aliphatic heterocycles. The first-order chi connectivity index (χ1) is 8.11. The number of anilines is 1. The van der Waals surface area contributed by atoms with Crippen LogP contribution in [0.25, 0.3) is 5.69 Å². The number of halogens is 2. The Labute approximate surface area is 107 Å². The quantitative estimate of drug-likeness (QED) is 0.907. The molecule has 17 heavy (non-hydrogen) atoms. The SMILES string of the molecule is CNc1ncn(-c2cc(Cl)ccc2Cl)c(=O)n1. The summed E-state index contributed by atoms with van der Waals surface area (Å²) >= 11 is 11.8. The summed E-state index contributed by atoms with van der Waals surface area (Å²) in [4.78, 5) is 19.4. The number of nitrogens with zero attached hydrogens (tertiary/aromatic N) is 3. The molecule has 5 nitrogen and oxygen atoms in total. The van der Waals surface area contributed by atoms with Crippen LogP contribution >= 0.6 is 23.2 Å². The standard InChI is InChI=1S/C10H8Cl2N4O/c1-13-9-14-5-16(10(17)15-9)8-4-6(11)2-3-7(8)12/h2-5H,1H3,(H,13,15,17). The molecule has 0 aliphatic carbocycles. The van der Waals surface area contributed by atoms with Gasteiger partial charge in [-0.15, -0.1) is 0 Å². The van der Waals surface area contributed by atoms with Crippen molar-refractivity contribution in [1.82, 2.24) is 14.5 Å². The van der Waals surface area contributed by atoms with Crippen LogP contribution in [-0.4, -0.2) is 21.6 Å². The van der Waals surface area contributed by atoms with Crippen LogP contribution in [0.3, 0.4) is 0 Å². The second kappa shape index (κ2) is 4.73. The summed E-state index contributed by atoms with van der Waals surface area (Å²) < 4.78 is 1.23. The van der Waals surface area contributed by atoms with Crippen molar-refractivity contribution >= 4 is 29.2 Å². The highest BCUT2D eigenvalue weighted by Crippen LogP contribution is 2.22. The van der Waals surface area contributed by atoms with Gasteiger partial charge in [-0.2, -0.15) is 4.98 Å². The van der Waals surface area contributed by atoms with Gasteiger partial charge in [-0.25, -0.2) is 14.3 Å². The molecule has 0 saturated heterocycles. The summed E-state index contributed by atoms with van der Waals surface area (Å²) in [6.45, 7) is 0. The van der Waals surface area contributed by atoms with E-state index >= 15 is 0 Å². The highest BCUT2D eigenvalue weighted by Gasteiger charge is 2.07. The van der Waals surface area contributed by atoms with Crippen molar-refractivity contribution in [3.8, 4) is 5.69 Å². The molecule has 0 spiro atoms. The maximum Gasteiger partial charge on any atom is 0.356 e. The van der Waals surface area contributed by atoms with E-state index in [0.717, 1.165) is 0 Å². The van der Waals surface area contributed by atoms with E-state index in [1.807, 2.05) is 0 Å². The van der Waals surface area contributed by atoms with E-state index in [2.05, 4.69) is 15.3 Å². The monoisotopic (exact) mass is 270 g/mol. The maximum absolute atomic E-state index is 11.7. The Morgan fingerprint density at radius 1 is 1.35 bits per heavy atom. The summed E-state index contributed by atoms with van der Waals surface area (Å²) in [7, 11) is 1.63. The summed E-state index contributed by atoms with van der Waals surface area (Å²) in [6, 6.07) is 4.83. The predicted octanol–water partition coefficient (Wildman–Crippen LogP) is 1.98. The molecule has 0 aliphatic rings. The molecule has 1 heterocycles. The lowest BCUT2D eigenvalue weighted by Crippen LogP contribution is -2.23. The number of nitrogens with one attached hydrogen (secondary N) is 1. The first-order valence-corrected chi connectivity index (χ1v) is 5.46. The van der Waals surface area contributed by atoms with Gasteiger partial charge in [0.05, 0.1) is 10.7 Å². The molecular weight excluding hydrogens is 263 g/mol. The van der Waals surface area contributed by atoms with Gasteiger partial charge in [0, 0.05) is 12.1 Å². The topological polar surface area (TPSA) is 59.8 Å². The normalized spacial score (nSPS) is 10.3. The number of rotatable bonds is 2. The minimum Gasteiger partial charge on any atom is -0.357 e. The Kier molecular flexibility index (Phi) is 3.31. The van der Waals surface area contributed by atoms with Crippen molar-refractivity contribution in [3.63, 3.8) is 0 Å². The number of hydrogen-bond acceptors (Lipinski definition) is 4.